The summed E-state index contributed by atoms with van der Waals surface area (Å²) in [6, 6.07) is 8.94. The molecule has 0 amide bonds. The van der Waals surface area contributed by atoms with Crippen molar-refractivity contribution in [2.45, 2.75) is 20.8 Å². The molecule has 4 nitrogen and oxygen atoms in total. The molecule has 0 saturated heterocycles. The van der Waals surface area contributed by atoms with Crippen molar-refractivity contribution in [3.63, 3.8) is 0 Å². The van der Waals surface area contributed by atoms with Crippen LogP contribution >= 0.6 is 0 Å². The van der Waals surface area contributed by atoms with E-state index in [-0.39, 0.29) is 5.75 Å². The molecule has 4 heteroatoms. The lowest BCUT2D eigenvalue weighted by Crippen LogP contribution is -2.07. The van der Waals surface area contributed by atoms with Crippen molar-refractivity contribution in [3.8, 4) is 23.3 Å². The van der Waals surface area contributed by atoms with E-state index in [2.05, 4.69) is 11.8 Å². The number of ether oxygens (including phenoxy) is 1. The molecule has 0 fully saturated rings. The Morgan fingerprint density at radius 2 is 1.72 bits per heavy atom. The molecule has 0 unspecified atom stereocenters. The number of aromatic hydroxyl groups is 1. The summed E-state index contributed by atoms with van der Waals surface area (Å²) in [4.78, 5) is 12.3. The summed E-state index contributed by atoms with van der Waals surface area (Å²) in [5, 5.41) is 10.7. The van der Waals surface area contributed by atoms with Crippen LogP contribution in [0.3, 0.4) is 0 Å². The van der Waals surface area contributed by atoms with Gasteiger partial charge in [-0.3, -0.25) is 0 Å². The Hall–Kier alpha value is -3.19. The zero-order chi connectivity index (χ0) is 18.1. The van der Waals surface area contributed by atoms with E-state index in [0.29, 0.717) is 16.9 Å². The van der Waals surface area contributed by atoms with Gasteiger partial charge in [-0.15, -0.1) is 0 Å². The lowest BCUT2D eigenvalue weighted by atomic mass is 10.0. The standard InChI is InChI=1S/C21H18O4/c1-12-9-15(10-13(2)20(12)22)5-7-18-14(3)17-8-6-16(24-4)11-19(17)25-21(18)23/h6,8-11,22H,1-4H3. The molecular formula is C21H18O4. The first-order valence-corrected chi connectivity index (χ1v) is 7.84. The summed E-state index contributed by atoms with van der Waals surface area (Å²) in [7, 11) is 1.56. The van der Waals surface area contributed by atoms with Gasteiger partial charge in [-0.25, -0.2) is 4.79 Å². The fourth-order valence-corrected chi connectivity index (χ4v) is 2.77. The van der Waals surface area contributed by atoms with Crippen molar-refractivity contribution in [1.29, 1.82) is 0 Å². The van der Waals surface area contributed by atoms with Crippen molar-refractivity contribution >= 4 is 11.0 Å². The Morgan fingerprint density at radius 1 is 1.04 bits per heavy atom. The molecule has 0 aliphatic heterocycles. The van der Waals surface area contributed by atoms with Crippen LogP contribution in [0.1, 0.15) is 27.8 Å². The Bertz CT molecular complexity index is 1070. The molecule has 0 aliphatic carbocycles. The van der Waals surface area contributed by atoms with Gasteiger partial charge in [-0.05, 0) is 61.7 Å². The van der Waals surface area contributed by atoms with E-state index in [1.807, 2.05) is 32.9 Å². The smallest absolute Gasteiger partial charge is 0.352 e. The van der Waals surface area contributed by atoms with E-state index in [4.69, 9.17) is 9.15 Å². The van der Waals surface area contributed by atoms with E-state index in [0.717, 1.165) is 27.6 Å². The van der Waals surface area contributed by atoms with E-state index < -0.39 is 5.63 Å². The summed E-state index contributed by atoms with van der Waals surface area (Å²) in [5.74, 6) is 6.81. The van der Waals surface area contributed by atoms with Gasteiger partial charge in [0.2, 0.25) is 0 Å². The van der Waals surface area contributed by atoms with E-state index in [1.54, 1.807) is 25.3 Å². The molecule has 3 aromatic rings. The van der Waals surface area contributed by atoms with Crippen LogP contribution in [0, 0.1) is 32.6 Å². The van der Waals surface area contributed by atoms with Crippen LogP contribution in [0.15, 0.2) is 39.5 Å². The molecule has 0 aliphatic rings. The predicted octanol–water partition coefficient (Wildman–Crippen LogP) is 3.83. The van der Waals surface area contributed by atoms with Gasteiger partial charge in [0.05, 0.1) is 7.11 Å². The van der Waals surface area contributed by atoms with Crippen molar-refractivity contribution in [2.75, 3.05) is 7.11 Å². The molecule has 1 aromatic heterocycles. The van der Waals surface area contributed by atoms with Crippen molar-refractivity contribution in [1.82, 2.24) is 0 Å². The minimum Gasteiger partial charge on any atom is -0.507 e. The fraction of sp³-hybridized carbons (Fsp3) is 0.190. The number of methoxy groups -OCH3 is 1. The number of rotatable bonds is 1. The van der Waals surface area contributed by atoms with Crippen molar-refractivity contribution < 1.29 is 14.3 Å². The molecule has 0 spiro atoms. The van der Waals surface area contributed by atoms with Gasteiger partial charge in [0.25, 0.3) is 0 Å². The summed E-state index contributed by atoms with van der Waals surface area (Å²) in [6.07, 6.45) is 0. The highest BCUT2D eigenvalue weighted by Gasteiger charge is 2.10. The number of hydrogen-bond donors (Lipinski definition) is 1. The first-order valence-electron chi connectivity index (χ1n) is 7.84. The van der Waals surface area contributed by atoms with Crippen LogP contribution in [0.2, 0.25) is 0 Å². The second kappa shape index (κ2) is 6.37. The Labute approximate surface area is 145 Å². The molecule has 25 heavy (non-hydrogen) atoms. The molecule has 3 rings (SSSR count). The summed E-state index contributed by atoms with van der Waals surface area (Å²) < 4.78 is 10.6. The second-order valence-electron chi connectivity index (χ2n) is 5.96. The average molecular weight is 334 g/mol. The highest BCUT2D eigenvalue weighted by atomic mass is 16.5. The van der Waals surface area contributed by atoms with Gasteiger partial charge in [0, 0.05) is 17.0 Å². The summed E-state index contributed by atoms with van der Waals surface area (Å²) in [5.41, 5.74) is 3.34. The second-order valence-corrected chi connectivity index (χ2v) is 5.96. The zero-order valence-electron chi connectivity index (χ0n) is 14.6. The van der Waals surface area contributed by atoms with Gasteiger partial charge in [0.15, 0.2) is 0 Å². The third-order valence-corrected chi connectivity index (χ3v) is 4.20. The first-order chi connectivity index (χ1) is 11.9. The molecule has 0 radical (unpaired) electrons. The lowest BCUT2D eigenvalue weighted by molar-refractivity contribution is 0.414. The van der Waals surface area contributed by atoms with Crippen LogP contribution in [-0.2, 0) is 0 Å². The van der Waals surface area contributed by atoms with Gasteiger partial charge in [-0.1, -0.05) is 11.8 Å². The van der Waals surface area contributed by atoms with Crippen molar-refractivity contribution in [2.24, 2.45) is 0 Å². The van der Waals surface area contributed by atoms with Crippen LogP contribution in [0.5, 0.6) is 11.5 Å². The molecule has 126 valence electrons. The minimum absolute atomic E-state index is 0.265. The lowest BCUT2D eigenvalue weighted by Gasteiger charge is -2.05. The number of phenolic OH excluding ortho intramolecular Hbond substituents is 1. The van der Waals surface area contributed by atoms with E-state index in [1.165, 1.54) is 0 Å². The Balaban J connectivity index is 2.13. The fourth-order valence-electron chi connectivity index (χ4n) is 2.77. The molecule has 0 bridgehead atoms. The normalized spacial score (nSPS) is 10.4. The van der Waals surface area contributed by atoms with Crippen LogP contribution in [-0.4, -0.2) is 12.2 Å². The molecule has 0 saturated carbocycles. The minimum atomic E-state index is -0.474. The number of hydrogen-bond acceptors (Lipinski definition) is 4. The van der Waals surface area contributed by atoms with Crippen LogP contribution in [0.25, 0.3) is 11.0 Å². The molecular weight excluding hydrogens is 316 g/mol. The monoisotopic (exact) mass is 334 g/mol. The Kier molecular flexibility index (Phi) is 4.24. The third kappa shape index (κ3) is 3.09. The van der Waals surface area contributed by atoms with Gasteiger partial charge in [-0.2, -0.15) is 0 Å². The maximum absolute atomic E-state index is 12.3. The predicted molar refractivity (Wildman–Crippen MR) is 97.3 cm³/mol. The maximum Gasteiger partial charge on any atom is 0.352 e. The molecule has 1 heterocycles. The average Bonchev–Trinajstić information content (AvgIpc) is 2.58. The first kappa shape index (κ1) is 16.7. The van der Waals surface area contributed by atoms with Crippen LogP contribution < -0.4 is 10.4 Å². The maximum atomic E-state index is 12.3. The molecule has 1 N–H and O–H groups in total. The third-order valence-electron chi connectivity index (χ3n) is 4.20. The highest BCUT2D eigenvalue weighted by Crippen LogP contribution is 2.24. The van der Waals surface area contributed by atoms with E-state index >= 15 is 0 Å². The zero-order valence-corrected chi connectivity index (χ0v) is 14.6. The SMILES string of the molecule is COc1ccc2c(C)c(C#Cc3cc(C)c(O)c(C)c3)c(=O)oc2c1. The topological polar surface area (TPSA) is 59.7 Å². The summed E-state index contributed by atoms with van der Waals surface area (Å²) in [6.45, 7) is 5.48. The van der Waals surface area contributed by atoms with Gasteiger partial charge >= 0.3 is 5.63 Å². The molecule has 0 atom stereocenters. The Morgan fingerprint density at radius 3 is 2.36 bits per heavy atom. The van der Waals surface area contributed by atoms with Gasteiger partial charge < -0.3 is 14.3 Å². The number of aryl methyl sites for hydroxylation is 3. The van der Waals surface area contributed by atoms with Crippen LogP contribution in [0.4, 0.5) is 0 Å². The van der Waals surface area contributed by atoms with Crippen molar-refractivity contribution in [3.05, 3.63) is 68.6 Å². The van der Waals surface area contributed by atoms with Gasteiger partial charge in [0.1, 0.15) is 22.6 Å². The quantitative estimate of drug-likeness (QED) is 0.543. The largest absolute Gasteiger partial charge is 0.507 e. The summed E-state index contributed by atoms with van der Waals surface area (Å²) >= 11 is 0. The van der Waals surface area contributed by atoms with E-state index in [9.17, 15) is 9.90 Å². The molecule has 2 aromatic carbocycles. The number of benzene rings is 2. The highest BCUT2D eigenvalue weighted by molar-refractivity contribution is 5.83. The number of fused-ring (bicyclic) bond motifs is 1. The number of phenols is 1.